The summed E-state index contributed by atoms with van der Waals surface area (Å²) in [5, 5.41) is 3.62. The molecule has 3 rings (SSSR count). The first-order valence-corrected chi connectivity index (χ1v) is 11.9. The molecular weight excluding hydrogens is 448 g/mol. The molecule has 0 saturated heterocycles. The molecular formula is C28H33ClN2O3. The molecule has 0 bridgehead atoms. The lowest BCUT2D eigenvalue weighted by Crippen LogP contribution is -2.39. The third-order valence-corrected chi connectivity index (χ3v) is 6.02. The standard InChI is InChI=1S/C28H33ClN2O3/c1-19(2)31(20(3)4)16-17-34-27-18-23(14-15-26(27)33-5)30-28(32)22-12-10-21(11-13-22)24-8-6-7-9-25(24)29/h6-15,18-20H,16-17H2,1-5H3,(H,30,32). The topological polar surface area (TPSA) is 50.8 Å². The number of anilines is 1. The molecule has 0 saturated carbocycles. The zero-order valence-electron chi connectivity index (χ0n) is 20.5. The second-order valence-electron chi connectivity index (χ2n) is 8.65. The van der Waals surface area contributed by atoms with Crippen LogP contribution >= 0.6 is 11.6 Å². The van der Waals surface area contributed by atoms with Crippen molar-refractivity contribution in [1.82, 2.24) is 4.90 Å². The van der Waals surface area contributed by atoms with Gasteiger partial charge >= 0.3 is 0 Å². The zero-order chi connectivity index (χ0) is 24.7. The van der Waals surface area contributed by atoms with Crippen molar-refractivity contribution in [3.63, 3.8) is 0 Å². The van der Waals surface area contributed by atoms with E-state index in [2.05, 4.69) is 37.9 Å². The monoisotopic (exact) mass is 480 g/mol. The highest BCUT2D eigenvalue weighted by Gasteiger charge is 2.15. The molecule has 0 aliphatic heterocycles. The first kappa shape index (κ1) is 25.6. The third-order valence-electron chi connectivity index (χ3n) is 5.69. The lowest BCUT2D eigenvalue weighted by molar-refractivity contribution is 0.102. The molecule has 0 aliphatic rings. The molecule has 0 heterocycles. The van der Waals surface area contributed by atoms with E-state index in [0.29, 0.717) is 46.5 Å². The molecule has 3 aromatic rings. The average molecular weight is 481 g/mol. The lowest BCUT2D eigenvalue weighted by Gasteiger charge is -2.30. The number of carbonyl (C=O) groups is 1. The predicted molar refractivity (Wildman–Crippen MR) is 140 cm³/mol. The lowest BCUT2D eigenvalue weighted by atomic mass is 10.0. The van der Waals surface area contributed by atoms with Gasteiger partial charge in [0.25, 0.3) is 5.91 Å². The van der Waals surface area contributed by atoms with Crippen LogP contribution in [-0.2, 0) is 0 Å². The summed E-state index contributed by atoms with van der Waals surface area (Å²) in [6.07, 6.45) is 0. The van der Waals surface area contributed by atoms with Gasteiger partial charge in [0, 0.05) is 46.5 Å². The van der Waals surface area contributed by atoms with Crippen LogP contribution in [0.3, 0.4) is 0 Å². The van der Waals surface area contributed by atoms with Crippen LogP contribution in [0.15, 0.2) is 66.7 Å². The fourth-order valence-electron chi connectivity index (χ4n) is 3.94. The summed E-state index contributed by atoms with van der Waals surface area (Å²) >= 11 is 6.29. The van der Waals surface area contributed by atoms with Gasteiger partial charge in [0.2, 0.25) is 0 Å². The van der Waals surface area contributed by atoms with Gasteiger partial charge < -0.3 is 14.8 Å². The van der Waals surface area contributed by atoms with Crippen LogP contribution in [0.1, 0.15) is 38.1 Å². The van der Waals surface area contributed by atoms with E-state index < -0.39 is 0 Å². The molecule has 180 valence electrons. The van der Waals surface area contributed by atoms with Gasteiger partial charge in [0.05, 0.1) is 7.11 Å². The van der Waals surface area contributed by atoms with Gasteiger partial charge in [0.15, 0.2) is 11.5 Å². The molecule has 0 unspecified atom stereocenters. The molecule has 5 nitrogen and oxygen atoms in total. The Morgan fingerprint density at radius 2 is 1.62 bits per heavy atom. The summed E-state index contributed by atoms with van der Waals surface area (Å²) in [5.41, 5.74) is 3.08. The minimum absolute atomic E-state index is 0.201. The first-order chi connectivity index (χ1) is 16.3. The Morgan fingerprint density at radius 1 is 0.941 bits per heavy atom. The maximum absolute atomic E-state index is 12.8. The predicted octanol–water partition coefficient (Wildman–Crippen LogP) is 6.77. The van der Waals surface area contributed by atoms with E-state index in [9.17, 15) is 4.79 Å². The molecule has 0 spiro atoms. The Hall–Kier alpha value is -3.02. The SMILES string of the molecule is COc1ccc(NC(=O)c2ccc(-c3ccccc3Cl)cc2)cc1OCCN(C(C)C)C(C)C. The molecule has 0 atom stereocenters. The molecule has 1 N–H and O–H groups in total. The number of amides is 1. The second-order valence-corrected chi connectivity index (χ2v) is 9.06. The highest BCUT2D eigenvalue weighted by Crippen LogP contribution is 2.31. The van der Waals surface area contributed by atoms with Crippen LogP contribution in [0.2, 0.25) is 5.02 Å². The van der Waals surface area contributed by atoms with Crippen molar-refractivity contribution in [3.05, 3.63) is 77.3 Å². The Bertz CT molecular complexity index is 1090. The maximum Gasteiger partial charge on any atom is 0.255 e. The van der Waals surface area contributed by atoms with Gasteiger partial charge in [0.1, 0.15) is 6.61 Å². The Morgan fingerprint density at radius 3 is 2.24 bits per heavy atom. The number of methoxy groups -OCH3 is 1. The van der Waals surface area contributed by atoms with Crippen LogP contribution in [0.5, 0.6) is 11.5 Å². The van der Waals surface area contributed by atoms with Gasteiger partial charge in [-0.2, -0.15) is 0 Å². The normalized spacial score (nSPS) is 11.2. The van der Waals surface area contributed by atoms with Crippen molar-refractivity contribution in [1.29, 1.82) is 0 Å². The number of rotatable bonds is 10. The molecule has 0 fully saturated rings. The number of benzene rings is 3. The van der Waals surface area contributed by atoms with Gasteiger partial charge in [-0.25, -0.2) is 0 Å². The molecule has 34 heavy (non-hydrogen) atoms. The fourth-order valence-corrected chi connectivity index (χ4v) is 4.19. The van der Waals surface area contributed by atoms with Crippen molar-refractivity contribution in [2.75, 3.05) is 25.6 Å². The number of nitrogens with zero attached hydrogens (tertiary/aromatic N) is 1. The summed E-state index contributed by atoms with van der Waals surface area (Å²) in [6, 6.07) is 21.3. The van der Waals surface area contributed by atoms with E-state index in [1.807, 2.05) is 36.4 Å². The molecule has 0 aromatic heterocycles. The van der Waals surface area contributed by atoms with Gasteiger partial charge in [-0.15, -0.1) is 0 Å². The summed E-state index contributed by atoms with van der Waals surface area (Å²) < 4.78 is 11.5. The number of hydrogen-bond donors (Lipinski definition) is 1. The van der Waals surface area contributed by atoms with Gasteiger partial charge in [-0.05, 0) is 63.6 Å². The van der Waals surface area contributed by atoms with E-state index in [4.69, 9.17) is 21.1 Å². The molecule has 0 radical (unpaired) electrons. The van der Waals surface area contributed by atoms with Crippen LogP contribution in [-0.4, -0.2) is 43.2 Å². The van der Waals surface area contributed by atoms with Crippen molar-refractivity contribution < 1.29 is 14.3 Å². The summed E-state index contributed by atoms with van der Waals surface area (Å²) in [4.78, 5) is 15.2. The number of ether oxygens (including phenoxy) is 2. The number of nitrogens with one attached hydrogen (secondary N) is 1. The highest BCUT2D eigenvalue weighted by molar-refractivity contribution is 6.33. The van der Waals surface area contributed by atoms with E-state index >= 15 is 0 Å². The zero-order valence-corrected chi connectivity index (χ0v) is 21.2. The quantitative estimate of drug-likeness (QED) is 0.348. The Labute approximate surface area is 207 Å². The number of hydrogen-bond acceptors (Lipinski definition) is 4. The van der Waals surface area contributed by atoms with Gasteiger partial charge in [-0.1, -0.05) is 41.9 Å². The maximum atomic E-state index is 12.8. The number of carbonyl (C=O) groups excluding carboxylic acids is 1. The van der Waals surface area contributed by atoms with E-state index in [-0.39, 0.29) is 5.91 Å². The van der Waals surface area contributed by atoms with E-state index in [1.54, 1.807) is 37.4 Å². The van der Waals surface area contributed by atoms with Crippen LogP contribution in [0.25, 0.3) is 11.1 Å². The van der Waals surface area contributed by atoms with Crippen LogP contribution in [0.4, 0.5) is 5.69 Å². The molecule has 3 aromatic carbocycles. The summed E-state index contributed by atoms with van der Waals surface area (Å²) in [7, 11) is 1.61. The van der Waals surface area contributed by atoms with Crippen molar-refractivity contribution in [2.24, 2.45) is 0 Å². The third kappa shape index (κ3) is 6.52. The van der Waals surface area contributed by atoms with Crippen LogP contribution < -0.4 is 14.8 Å². The smallest absolute Gasteiger partial charge is 0.255 e. The minimum atomic E-state index is -0.201. The van der Waals surface area contributed by atoms with Crippen molar-refractivity contribution >= 4 is 23.2 Å². The van der Waals surface area contributed by atoms with Crippen LogP contribution in [0, 0.1) is 0 Å². The number of halogens is 1. The summed E-state index contributed by atoms with van der Waals surface area (Å²) in [5.74, 6) is 1.03. The largest absolute Gasteiger partial charge is 0.493 e. The van der Waals surface area contributed by atoms with Crippen molar-refractivity contribution in [3.8, 4) is 22.6 Å². The second kappa shape index (κ2) is 11.9. The molecule has 0 aliphatic carbocycles. The average Bonchev–Trinajstić information content (AvgIpc) is 2.82. The van der Waals surface area contributed by atoms with Gasteiger partial charge in [-0.3, -0.25) is 9.69 Å². The Balaban J connectivity index is 1.68. The van der Waals surface area contributed by atoms with E-state index in [0.717, 1.165) is 17.7 Å². The first-order valence-electron chi connectivity index (χ1n) is 11.5. The summed E-state index contributed by atoms with van der Waals surface area (Å²) in [6.45, 7) is 10.0. The molecule has 1 amide bonds. The van der Waals surface area contributed by atoms with E-state index in [1.165, 1.54) is 0 Å². The Kier molecular flexibility index (Phi) is 8.97. The molecule has 6 heteroatoms. The highest BCUT2D eigenvalue weighted by atomic mass is 35.5. The fraction of sp³-hybridized carbons (Fsp3) is 0.321. The minimum Gasteiger partial charge on any atom is -0.493 e. The van der Waals surface area contributed by atoms with Crippen molar-refractivity contribution in [2.45, 2.75) is 39.8 Å².